The zero-order valence-electron chi connectivity index (χ0n) is 14.1. The molecule has 0 bridgehead atoms. The summed E-state index contributed by atoms with van der Waals surface area (Å²) in [5.74, 6) is 1.26. The molecule has 126 valence electrons. The first kappa shape index (κ1) is 16.8. The van der Waals surface area contributed by atoms with E-state index in [1.807, 2.05) is 78.9 Å². The van der Waals surface area contributed by atoms with Gasteiger partial charge in [0, 0.05) is 0 Å². The predicted molar refractivity (Wildman–Crippen MR) is 98.1 cm³/mol. The number of methoxy groups -OCH3 is 1. The highest BCUT2D eigenvalue weighted by Crippen LogP contribution is 2.26. The van der Waals surface area contributed by atoms with E-state index in [1.165, 1.54) is 0 Å². The summed E-state index contributed by atoms with van der Waals surface area (Å²) in [7, 11) is 1.63. The Morgan fingerprint density at radius 1 is 0.800 bits per heavy atom. The van der Waals surface area contributed by atoms with Crippen molar-refractivity contribution in [2.45, 2.75) is 12.5 Å². The van der Waals surface area contributed by atoms with Crippen LogP contribution in [0.4, 0.5) is 0 Å². The molecule has 3 aromatic rings. The minimum absolute atomic E-state index is 0.297. The van der Waals surface area contributed by atoms with Gasteiger partial charge in [0.15, 0.2) is 0 Å². The molecule has 25 heavy (non-hydrogen) atoms. The molecule has 1 atom stereocenters. The van der Waals surface area contributed by atoms with E-state index >= 15 is 0 Å². The molecular weight excluding hydrogens is 312 g/mol. The van der Waals surface area contributed by atoms with Gasteiger partial charge in [0.05, 0.1) is 13.0 Å². The van der Waals surface area contributed by atoms with E-state index in [-0.39, 0.29) is 5.92 Å². The van der Waals surface area contributed by atoms with E-state index in [0.29, 0.717) is 6.61 Å². The van der Waals surface area contributed by atoms with Gasteiger partial charge in [-0.05, 0) is 41.0 Å². The van der Waals surface area contributed by atoms with Gasteiger partial charge in [0.25, 0.3) is 0 Å². The molecule has 0 radical (unpaired) electrons. The Balaban J connectivity index is 1.70. The van der Waals surface area contributed by atoms with Crippen LogP contribution in [0.3, 0.4) is 0 Å². The fraction of sp³-hybridized carbons (Fsp3) is 0.136. The minimum atomic E-state index is -0.297. The average Bonchev–Trinajstić information content (AvgIpc) is 2.69. The molecule has 3 rings (SSSR count). The van der Waals surface area contributed by atoms with Gasteiger partial charge < -0.3 is 14.3 Å². The molecule has 1 unspecified atom stereocenters. The summed E-state index contributed by atoms with van der Waals surface area (Å²) >= 11 is 0. The SMILES string of the molecule is COc1ccc(C(C=O)c2ccc(OCc3ccccc3)cc2)cc1. The molecule has 0 fully saturated rings. The highest BCUT2D eigenvalue weighted by molar-refractivity contribution is 5.68. The maximum absolute atomic E-state index is 11.6. The molecule has 0 N–H and O–H groups in total. The Morgan fingerprint density at radius 3 is 1.88 bits per heavy atom. The summed E-state index contributed by atoms with van der Waals surface area (Å²) in [4.78, 5) is 11.6. The number of benzene rings is 3. The van der Waals surface area contributed by atoms with Crippen LogP contribution in [0.5, 0.6) is 11.5 Å². The molecule has 0 saturated carbocycles. The van der Waals surface area contributed by atoms with E-state index in [2.05, 4.69) is 0 Å². The van der Waals surface area contributed by atoms with Gasteiger partial charge in [0.1, 0.15) is 24.4 Å². The van der Waals surface area contributed by atoms with Crippen molar-refractivity contribution in [3.8, 4) is 11.5 Å². The quantitative estimate of drug-likeness (QED) is 0.593. The maximum atomic E-state index is 11.6. The number of ether oxygens (including phenoxy) is 2. The largest absolute Gasteiger partial charge is 0.497 e. The van der Waals surface area contributed by atoms with Crippen LogP contribution in [-0.4, -0.2) is 13.4 Å². The second-order valence-corrected chi connectivity index (χ2v) is 5.73. The van der Waals surface area contributed by atoms with E-state index in [9.17, 15) is 4.79 Å². The Bertz CT molecular complexity index is 793. The third-order valence-corrected chi connectivity index (χ3v) is 4.10. The number of hydrogen-bond donors (Lipinski definition) is 0. The standard InChI is InChI=1S/C22H20O3/c1-24-20-11-7-18(8-12-20)22(15-23)19-9-13-21(14-10-19)25-16-17-5-3-2-4-6-17/h2-15,22H,16H2,1H3. The number of aldehydes is 1. The van der Waals surface area contributed by atoms with Crippen LogP contribution in [-0.2, 0) is 11.4 Å². The van der Waals surface area contributed by atoms with Crippen LogP contribution < -0.4 is 9.47 Å². The van der Waals surface area contributed by atoms with Crippen molar-refractivity contribution in [2.75, 3.05) is 7.11 Å². The van der Waals surface area contributed by atoms with Crippen LogP contribution in [0.2, 0.25) is 0 Å². The van der Waals surface area contributed by atoms with Crippen LogP contribution in [0.25, 0.3) is 0 Å². The molecule has 0 aliphatic carbocycles. The Hall–Kier alpha value is -3.07. The van der Waals surface area contributed by atoms with Gasteiger partial charge in [0.2, 0.25) is 0 Å². The lowest BCUT2D eigenvalue weighted by molar-refractivity contribution is -0.108. The third kappa shape index (κ3) is 4.27. The van der Waals surface area contributed by atoms with Gasteiger partial charge in [-0.1, -0.05) is 54.6 Å². The van der Waals surface area contributed by atoms with Crippen molar-refractivity contribution in [3.63, 3.8) is 0 Å². The Kier molecular flexibility index (Phi) is 5.47. The second kappa shape index (κ2) is 8.15. The number of rotatable bonds is 7. The highest BCUT2D eigenvalue weighted by atomic mass is 16.5. The number of carbonyl (C=O) groups is 1. The Labute approximate surface area is 147 Å². The summed E-state index contributed by atoms with van der Waals surface area (Å²) < 4.78 is 11.0. The molecule has 0 aromatic heterocycles. The first-order valence-electron chi connectivity index (χ1n) is 8.16. The van der Waals surface area contributed by atoms with Crippen LogP contribution in [0, 0.1) is 0 Å². The molecule has 0 amide bonds. The van der Waals surface area contributed by atoms with Gasteiger partial charge >= 0.3 is 0 Å². The summed E-state index contributed by atoms with van der Waals surface area (Å²) in [5, 5.41) is 0. The first-order valence-corrected chi connectivity index (χ1v) is 8.16. The van der Waals surface area contributed by atoms with Crippen molar-refractivity contribution >= 4 is 6.29 Å². The average molecular weight is 332 g/mol. The fourth-order valence-electron chi connectivity index (χ4n) is 2.67. The molecule has 3 nitrogen and oxygen atoms in total. The molecule has 0 spiro atoms. The zero-order chi connectivity index (χ0) is 17.5. The summed E-state index contributed by atoms with van der Waals surface area (Å²) in [6.07, 6.45) is 0.960. The van der Waals surface area contributed by atoms with Crippen LogP contribution >= 0.6 is 0 Å². The lowest BCUT2D eigenvalue weighted by Crippen LogP contribution is -2.03. The third-order valence-electron chi connectivity index (χ3n) is 4.10. The minimum Gasteiger partial charge on any atom is -0.497 e. The lowest BCUT2D eigenvalue weighted by Gasteiger charge is -2.13. The van der Waals surface area contributed by atoms with Gasteiger partial charge in [-0.25, -0.2) is 0 Å². The van der Waals surface area contributed by atoms with Gasteiger partial charge in [-0.3, -0.25) is 0 Å². The van der Waals surface area contributed by atoms with Crippen LogP contribution in [0.15, 0.2) is 78.9 Å². The molecular formula is C22H20O3. The maximum Gasteiger partial charge on any atom is 0.131 e. The molecule has 3 heteroatoms. The predicted octanol–water partition coefficient (Wildman–Crippen LogP) is 4.61. The first-order chi connectivity index (χ1) is 12.3. The highest BCUT2D eigenvalue weighted by Gasteiger charge is 2.13. The summed E-state index contributed by atoms with van der Waals surface area (Å²) in [6, 6.07) is 25.3. The van der Waals surface area contributed by atoms with Crippen molar-refractivity contribution in [1.82, 2.24) is 0 Å². The molecule has 0 aliphatic rings. The molecule has 0 aliphatic heterocycles. The van der Waals surface area contributed by atoms with E-state index in [1.54, 1.807) is 7.11 Å². The van der Waals surface area contributed by atoms with Gasteiger partial charge in [-0.15, -0.1) is 0 Å². The summed E-state index contributed by atoms with van der Waals surface area (Å²) in [6.45, 7) is 0.524. The molecule has 0 saturated heterocycles. The van der Waals surface area contributed by atoms with Crippen molar-refractivity contribution in [1.29, 1.82) is 0 Å². The van der Waals surface area contributed by atoms with Crippen molar-refractivity contribution in [2.24, 2.45) is 0 Å². The fourth-order valence-corrected chi connectivity index (χ4v) is 2.67. The summed E-state index contributed by atoms with van der Waals surface area (Å²) in [5.41, 5.74) is 3.00. The monoisotopic (exact) mass is 332 g/mol. The van der Waals surface area contributed by atoms with Crippen LogP contribution in [0.1, 0.15) is 22.6 Å². The van der Waals surface area contributed by atoms with Crippen molar-refractivity contribution in [3.05, 3.63) is 95.6 Å². The molecule has 3 aromatic carbocycles. The van der Waals surface area contributed by atoms with Gasteiger partial charge in [-0.2, -0.15) is 0 Å². The number of hydrogen-bond acceptors (Lipinski definition) is 3. The lowest BCUT2D eigenvalue weighted by atomic mass is 9.92. The number of carbonyl (C=O) groups excluding carboxylic acids is 1. The van der Waals surface area contributed by atoms with E-state index in [4.69, 9.17) is 9.47 Å². The normalized spacial score (nSPS) is 11.6. The topological polar surface area (TPSA) is 35.5 Å². The van der Waals surface area contributed by atoms with E-state index in [0.717, 1.165) is 34.5 Å². The molecule has 0 heterocycles. The Morgan fingerprint density at radius 2 is 1.36 bits per heavy atom. The van der Waals surface area contributed by atoms with Crippen molar-refractivity contribution < 1.29 is 14.3 Å². The smallest absolute Gasteiger partial charge is 0.131 e. The zero-order valence-corrected chi connectivity index (χ0v) is 14.1. The second-order valence-electron chi connectivity index (χ2n) is 5.73. The van der Waals surface area contributed by atoms with E-state index < -0.39 is 0 Å².